The van der Waals surface area contributed by atoms with Gasteiger partial charge in [0, 0.05) is 19.0 Å². The zero-order valence-corrected chi connectivity index (χ0v) is 11.3. The molecule has 0 aromatic carbocycles. The maximum absolute atomic E-state index is 4.42. The first-order chi connectivity index (χ1) is 8.06. The van der Waals surface area contributed by atoms with E-state index in [-0.39, 0.29) is 6.17 Å². The Morgan fingerprint density at radius 3 is 2.76 bits per heavy atom. The van der Waals surface area contributed by atoms with E-state index in [9.17, 15) is 0 Å². The Hall–Kier alpha value is -1.56. The molecule has 1 aromatic rings. The van der Waals surface area contributed by atoms with Gasteiger partial charge in [-0.05, 0) is 25.3 Å². The Kier molecular flexibility index (Phi) is 3.33. The van der Waals surface area contributed by atoms with Gasteiger partial charge in [-0.2, -0.15) is 0 Å². The molecule has 0 bridgehead atoms. The molecule has 0 amide bonds. The molecule has 0 spiro atoms. The lowest BCUT2D eigenvalue weighted by molar-refractivity contribution is 0.582. The molecular weight excluding hydrogens is 234 g/mol. The van der Waals surface area contributed by atoms with E-state index in [2.05, 4.69) is 39.0 Å². The van der Waals surface area contributed by atoms with Gasteiger partial charge in [-0.3, -0.25) is 5.32 Å². The zero-order valence-electron chi connectivity index (χ0n) is 10.5. The second kappa shape index (κ2) is 4.75. The standard InChI is InChI=1S/C11H17N5S/c1-7-9(5-6-17-7)14-10-12-8(2)13-11(15-10)16(3)4/h5-6,8H,1-4H3,(H2,12,13,14,15). The highest BCUT2D eigenvalue weighted by Gasteiger charge is 2.15. The average molecular weight is 251 g/mol. The molecule has 0 aliphatic carbocycles. The molecule has 5 nitrogen and oxygen atoms in total. The Morgan fingerprint density at radius 2 is 2.18 bits per heavy atom. The second-order valence-corrected chi connectivity index (χ2v) is 5.22. The largest absolute Gasteiger partial charge is 0.349 e. The van der Waals surface area contributed by atoms with Crippen molar-refractivity contribution in [1.29, 1.82) is 0 Å². The predicted octanol–water partition coefficient (Wildman–Crippen LogP) is 1.69. The van der Waals surface area contributed by atoms with Crippen molar-refractivity contribution in [2.24, 2.45) is 9.98 Å². The van der Waals surface area contributed by atoms with Gasteiger partial charge in [0.25, 0.3) is 0 Å². The summed E-state index contributed by atoms with van der Waals surface area (Å²) in [5.74, 6) is 1.57. The minimum Gasteiger partial charge on any atom is -0.349 e. The predicted molar refractivity (Wildman–Crippen MR) is 73.8 cm³/mol. The van der Waals surface area contributed by atoms with Crippen molar-refractivity contribution in [3.8, 4) is 0 Å². The van der Waals surface area contributed by atoms with E-state index in [1.807, 2.05) is 25.9 Å². The Labute approximate surface area is 105 Å². The van der Waals surface area contributed by atoms with Crippen molar-refractivity contribution in [3.05, 3.63) is 16.3 Å². The average Bonchev–Trinajstić information content (AvgIpc) is 2.63. The van der Waals surface area contributed by atoms with Crippen LogP contribution in [0.4, 0.5) is 5.69 Å². The first-order valence-corrected chi connectivity index (χ1v) is 6.35. The summed E-state index contributed by atoms with van der Waals surface area (Å²) in [6.07, 6.45) is -0.0601. The summed E-state index contributed by atoms with van der Waals surface area (Å²) in [6, 6.07) is 2.05. The molecule has 2 heterocycles. The molecule has 1 atom stereocenters. The normalized spacial score (nSPS) is 19.2. The summed E-state index contributed by atoms with van der Waals surface area (Å²) < 4.78 is 0. The van der Waals surface area contributed by atoms with Crippen LogP contribution in [0, 0.1) is 6.92 Å². The van der Waals surface area contributed by atoms with Crippen molar-refractivity contribution in [2.75, 3.05) is 19.4 Å². The number of nitrogens with one attached hydrogen (secondary N) is 2. The molecule has 6 heteroatoms. The zero-order chi connectivity index (χ0) is 12.4. The van der Waals surface area contributed by atoms with Crippen LogP contribution in [0.5, 0.6) is 0 Å². The van der Waals surface area contributed by atoms with Gasteiger partial charge in [-0.15, -0.1) is 11.3 Å². The van der Waals surface area contributed by atoms with Gasteiger partial charge < -0.3 is 10.2 Å². The van der Waals surface area contributed by atoms with Crippen molar-refractivity contribution in [1.82, 2.24) is 10.2 Å². The summed E-state index contributed by atoms with van der Waals surface area (Å²) >= 11 is 1.71. The second-order valence-electron chi connectivity index (χ2n) is 4.10. The number of guanidine groups is 2. The first kappa shape index (κ1) is 11.9. The van der Waals surface area contributed by atoms with Gasteiger partial charge in [0.05, 0.1) is 5.69 Å². The van der Waals surface area contributed by atoms with E-state index < -0.39 is 0 Å². The molecule has 2 rings (SSSR count). The van der Waals surface area contributed by atoms with E-state index in [0.29, 0.717) is 0 Å². The summed E-state index contributed by atoms with van der Waals surface area (Å²) in [5, 5.41) is 8.52. The van der Waals surface area contributed by atoms with Gasteiger partial charge in [-0.25, -0.2) is 9.98 Å². The van der Waals surface area contributed by atoms with Crippen molar-refractivity contribution in [2.45, 2.75) is 20.0 Å². The van der Waals surface area contributed by atoms with Crippen LogP contribution in [-0.4, -0.2) is 37.1 Å². The lowest BCUT2D eigenvalue weighted by Gasteiger charge is -2.24. The van der Waals surface area contributed by atoms with Crippen LogP contribution in [-0.2, 0) is 0 Å². The van der Waals surface area contributed by atoms with Gasteiger partial charge in [-0.1, -0.05) is 0 Å². The van der Waals surface area contributed by atoms with E-state index in [1.165, 1.54) is 4.88 Å². The summed E-state index contributed by atoms with van der Waals surface area (Å²) in [6.45, 7) is 4.05. The van der Waals surface area contributed by atoms with Crippen LogP contribution in [0.3, 0.4) is 0 Å². The van der Waals surface area contributed by atoms with Gasteiger partial charge in [0.1, 0.15) is 6.17 Å². The van der Waals surface area contributed by atoms with Crippen LogP contribution >= 0.6 is 11.3 Å². The number of aliphatic imine (C=N–C) groups is 2. The Balaban J connectivity index is 2.11. The molecule has 1 unspecified atom stereocenters. The fourth-order valence-corrected chi connectivity index (χ4v) is 2.15. The number of hydrogen-bond acceptors (Lipinski definition) is 6. The van der Waals surface area contributed by atoms with Crippen molar-refractivity contribution in [3.63, 3.8) is 0 Å². The van der Waals surface area contributed by atoms with E-state index in [4.69, 9.17) is 0 Å². The molecule has 0 fully saturated rings. The molecule has 92 valence electrons. The van der Waals surface area contributed by atoms with E-state index >= 15 is 0 Å². The number of hydrogen-bond donors (Lipinski definition) is 2. The molecule has 17 heavy (non-hydrogen) atoms. The molecule has 1 aliphatic heterocycles. The molecular formula is C11H17N5S. The van der Waals surface area contributed by atoms with Crippen molar-refractivity contribution < 1.29 is 0 Å². The minimum absolute atomic E-state index is 0.0601. The Morgan fingerprint density at radius 1 is 1.41 bits per heavy atom. The molecule has 0 saturated heterocycles. The molecule has 1 aliphatic rings. The van der Waals surface area contributed by atoms with E-state index in [1.54, 1.807) is 11.3 Å². The summed E-state index contributed by atoms with van der Waals surface area (Å²) in [7, 11) is 3.91. The van der Waals surface area contributed by atoms with Gasteiger partial charge in [0.2, 0.25) is 11.9 Å². The van der Waals surface area contributed by atoms with Crippen molar-refractivity contribution >= 4 is 28.9 Å². The smallest absolute Gasteiger partial charge is 0.204 e. The Bertz CT molecular complexity index is 460. The first-order valence-electron chi connectivity index (χ1n) is 5.47. The lowest BCUT2D eigenvalue weighted by atomic mass is 10.4. The quantitative estimate of drug-likeness (QED) is 0.798. The lowest BCUT2D eigenvalue weighted by Crippen LogP contribution is -2.46. The highest BCUT2D eigenvalue weighted by molar-refractivity contribution is 7.10. The van der Waals surface area contributed by atoms with Crippen LogP contribution in [0.15, 0.2) is 21.4 Å². The monoisotopic (exact) mass is 251 g/mol. The van der Waals surface area contributed by atoms with E-state index in [0.717, 1.165) is 17.6 Å². The minimum atomic E-state index is -0.0601. The van der Waals surface area contributed by atoms with Crippen LogP contribution in [0.1, 0.15) is 11.8 Å². The molecule has 0 radical (unpaired) electrons. The highest BCUT2D eigenvalue weighted by Crippen LogP contribution is 2.20. The maximum Gasteiger partial charge on any atom is 0.204 e. The fourth-order valence-electron chi connectivity index (χ4n) is 1.50. The third kappa shape index (κ3) is 2.76. The molecule has 0 saturated carbocycles. The van der Waals surface area contributed by atoms with Gasteiger partial charge >= 0.3 is 0 Å². The fraction of sp³-hybridized carbons (Fsp3) is 0.455. The van der Waals surface area contributed by atoms with Gasteiger partial charge in [0.15, 0.2) is 0 Å². The number of thiophene rings is 1. The number of anilines is 1. The topological polar surface area (TPSA) is 52.0 Å². The van der Waals surface area contributed by atoms with Crippen LogP contribution < -0.4 is 10.6 Å². The third-order valence-electron chi connectivity index (χ3n) is 2.39. The number of aryl methyl sites for hydroxylation is 1. The maximum atomic E-state index is 4.42. The number of nitrogens with zero attached hydrogens (tertiary/aromatic N) is 3. The molecule has 2 N–H and O–H groups in total. The van der Waals surface area contributed by atoms with Crippen LogP contribution in [0.2, 0.25) is 0 Å². The molecule has 1 aromatic heterocycles. The number of rotatable bonds is 1. The SMILES string of the molecule is Cc1sccc1NC1=NC(C)N=C(N(C)C)N1. The summed E-state index contributed by atoms with van der Waals surface area (Å²) in [5.41, 5.74) is 1.09. The van der Waals surface area contributed by atoms with Crippen LogP contribution in [0.25, 0.3) is 0 Å². The third-order valence-corrected chi connectivity index (χ3v) is 3.24. The summed E-state index contributed by atoms with van der Waals surface area (Å²) in [4.78, 5) is 12.0. The highest BCUT2D eigenvalue weighted by atomic mass is 32.1.